The van der Waals surface area contributed by atoms with Crippen molar-refractivity contribution in [1.29, 1.82) is 0 Å². The van der Waals surface area contributed by atoms with Gasteiger partial charge in [0.05, 0.1) is 17.6 Å². The van der Waals surface area contributed by atoms with E-state index in [0.717, 1.165) is 16.6 Å². The Morgan fingerprint density at radius 1 is 1.04 bits per heavy atom. The first kappa shape index (κ1) is 17.7. The third-order valence-electron chi connectivity index (χ3n) is 4.21. The van der Waals surface area contributed by atoms with E-state index in [2.05, 4.69) is 15.6 Å². The van der Waals surface area contributed by atoms with E-state index in [4.69, 9.17) is 0 Å². The molecule has 0 aliphatic rings. The predicted molar refractivity (Wildman–Crippen MR) is 101 cm³/mol. The maximum Gasteiger partial charge on any atom is 0.251 e. The number of likely N-dealkylation sites (N-methyl/N-ethyl adjacent to an activating group) is 1. The van der Waals surface area contributed by atoms with Crippen molar-refractivity contribution in [2.75, 3.05) is 6.54 Å². The number of hydrogen-bond acceptors (Lipinski definition) is 3. The molecule has 6 heteroatoms. The second-order valence-electron chi connectivity index (χ2n) is 6.05. The summed E-state index contributed by atoms with van der Waals surface area (Å²) < 4.78 is 1.85. The molecule has 0 fully saturated rings. The lowest BCUT2D eigenvalue weighted by atomic mass is 10.1. The quantitative estimate of drug-likeness (QED) is 0.717. The van der Waals surface area contributed by atoms with Crippen LogP contribution < -0.4 is 10.6 Å². The van der Waals surface area contributed by atoms with Crippen LogP contribution in [0.1, 0.15) is 28.7 Å². The highest BCUT2D eigenvalue weighted by Gasteiger charge is 2.15. The Kier molecular flexibility index (Phi) is 5.31. The Bertz CT molecular complexity index is 946. The number of benzene rings is 2. The van der Waals surface area contributed by atoms with Crippen LogP contribution in [0.15, 0.2) is 48.5 Å². The first-order chi connectivity index (χ1) is 12.6. The Morgan fingerprint density at radius 2 is 1.77 bits per heavy atom. The lowest BCUT2D eigenvalue weighted by Gasteiger charge is -2.11. The number of amides is 2. The van der Waals surface area contributed by atoms with E-state index >= 15 is 0 Å². The first-order valence-electron chi connectivity index (χ1n) is 8.64. The molecule has 2 aromatic carbocycles. The highest BCUT2D eigenvalue weighted by atomic mass is 16.2. The van der Waals surface area contributed by atoms with Gasteiger partial charge in [0.25, 0.3) is 5.91 Å². The van der Waals surface area contributed by atoms with Crippen LogP contribution in [0, 0.1) is 6.92 Å². The van der Waals surface area contributed by atoms with E-state index in [0.29, 0.717) is 17.9 Å². The van der Waals surface area contributed by atoms with Gasteiger partial charge in [-0.05, 0) is 37.6 Å². The first-order valence-corrected chi connectivity index (χ1v) is 8.64. The monoisotopic (exact) mass is 350 g/mol. The molecular formula is C20H22N4O2. The topological polar surface area (TPSA) is 76.0 Å². The minimum atomic E-state index is -0.153. The number of rotatable bonds is 6. The van der Waals surface area contributed by atoms with Crippen molar-refractivity contribution < 1.29 is 9.59 Å². The molecule has 1 aromatic heterocycles. The lowest BCUT2D eigenvalue weighted by molar-refractivity contribution is -0.121. The average molecular weight is 350 g/mol. The predicted octanol–water partition coefficient (Wildman–Crippen LogP) is 2.41. The van der Waals surface area contributed by atoms with Crippen molar-refractivity contribution in [3.63, 3.8) is 0 Å². The summed E-state index contributed by atoms with van der Waals surface area (Å²) in [5, 5.41) is 5.71. The van der Waals surface area contributed by atoms with Crippen LogP contribution in [0.5, 0.6) is 0 Å². The van der Waals surface area contributed by atoms with Gasteiger partial charge < -0.3 is 15.2 Å². The van der Waals surface area contributed by atoms with E-state index in [1.54, 1.807) is 6.07 Å². The number of aryl methyl sites for hydroxylation is 1. The maximum atomic E-state index is 12.5. The molecule has 1 heterocycles. The second kappa shape index (κ2) is 7.82. The fraction of sp³-hybridized carbons (Fsp3) is 0.250. The zero-order valence-corrected chi connectivity index (χ0v) is 15.0. The number of fused-ring (bicyclic) bond motifs is 1. The molecule has 0 unspecified atom stereocenters. The largest absolute Gasteiger partial charge is 0.355 e. The lowest BCUT2D eigenvalue weighted by Crippen LogP contribution is -2.30. The molecule has 2 amide bonds. The van der Waals surface area contributed by atoms with Gasteiger partial charge in [-0.3, -0.25) is 9.59 Å². The average Bonchev–Trinajstić information content (AvgIpc) is 2.98. The minimum absolute atomic E-state index is 0.0814. The summed E-state index contributed by atoms with van der Waals surface area (Å²) in [6.45, 7) is 4.78. The van der Waals surface area contributed by atoms with Crippen LogP contribution in [0.3, 0.4) is 0 Å². The van der Waals surface area contributed by atoms with Crippen molar-refractivity contribution in [2.45, 2.75) is 26.9 Å². The highest BCUT2D eigenvalue weighted by Crippen LogP contribution is 2.16. The molecule has 0 aliphatic carbocycles. The molecule has 2 N–H and O–H groups in total. The van der Waals surface area contributed by atoms with Gasteiger partial charge in [-0.2, -0.15) is 0 Å². The van der Waals surface area contributed by atoms with Gasteiger partial charge in [0, 0.05) is 12.1 Å². The molecule has 6 nitrogen and oxygen atoms in total. The van der Waals surface area contributed by atoms with Crippen LogP contribution in [-0.2, 0) is 17.9 Å². The number of aromatic nitrogens is 2. The minimum Gasteiger partial charge on any atom is -0.355 e. The smallest absolute Gasteiger partial charge is 0.251 e. The summed E-state index contributed by atoms with van der Waals surface area (Å²) in [5.74, 6) is 0.418. The summed E-state index contributed by atoms with van der Waals surface area (Å²) in [7, 11) is 0. The molecular weight excluding hydrogens is 328 g/mol. The summed E-state index contributed by atoms with van der Waals surface area (Å²) in [6, 6.07) is 15.1. The third-order valence-corrected chi connectivity index (χ3v) is 4.21. The molecule has 0 saturated carbocycles. The summed E-state index contributed by atoms with van der Waals surface area (Å²) in [6.07, 6.45) is 0. The number of hydrogen-bond donors (Lipinski definition) is 2. The highest BCUT2D eigenvalue weighted by molar-refractivity contribution is 5.95. The Hall–Kier alpha value is -3.15. The van der Waals surface area contributed by atoms with Gasteiger partial charge in [-0.1, -0.05) is 30.3 Å². The molecule has 0 spiro atoms. The number of para-hydroxylation sites is 2. The Balaban J connectivity index is 1.84. The zero-order valence-electron chi connectivity index (χ0n) is 15.0. The van der Waals surface area contributed by atoms with Crippen LogP contribution >= 0.6 is 0 Å². The van der Waals surface area contributed by atoms with Crippen molar-refractivity contribution in [3.05, 3.63) is 65.5 Å². The van der Waals surface area contributed by atoms with Gasteiger partial charge in [-0.25, -0.2) is 4.98 Å². The van der Waals surface area contributed by atoms with Gasteiger partial charge >= 0.3 is 0 Å². The van der Waals surface area contributed by atoms with E-state index in [9.17, 15) is 9.59 Å². The fourth-order valence-corrected chi connectivity index (χ4v) is 2.92. The van der Waals surface area contributed by atoms with Gasteiger partial charge in [-0.15, -0.1) is 0 Å². The Labute approximate surface area is 152 Å². The summed E-state index contributed by atoms with van der Waals surface area (Å²) in [5.41, 5.74) is 3.23. The third kappa shape index (κ3) is 3.74. The van der Waals surface area contributed by atoms with Crippen LogP contribution in [0.2, 0.25) is 0 Å². The zero-order chi connectivity index (χ0) is 18.5. The molecule has 26 heavy (non-hydrogen) atoms. The number of carbonyl (C=O) groups excluding carboxylic acids is 2. The van der Waals surface area contributed by atoms with Crippen molar-refractivity contribution >= 4 is 22.8 Å². The molecule has 134 valence electrons. The van der Waals surface area contributed by atoms with Crippen molar-refractivity contribution in [3.8, 4) is 0 Å². The maximum absolute atomic E-state index is 12.5. The van der Waals surface area contributed by atoms with Gasteiger partial charge in [0.2, 0.25) is 5.91 Å². The normalized spacial score (nSPS) is 10.7. The summed E-state index contributed by atoms with van der Waals surface area (Å²) in [4.78, 5) is 29.1. The van der Waals surface area contributed by atoms with Gasteiger partial charge in [0.1, 0.15) is 12.4 Å². The van der Waals surface area contributed by atoms with Crippen molar-refractivity contribution in [1.82, 2.24) is 20.2 Å². The number of imidazole rings is 1. The number of nitrogens with one attached hydrogen (secondary N) is 2. The Morgan fingerprint density at radius 3 is 2.54 bits per heavy atom. The van der Waals surface area contributed by atoms with E-state index in [1.165, 1.54) is 0 Å². The van der Waals surface area contributed by atoms with E-state index in [-0.39, 0.29) is 24.9 Å². The fourth-order valence-electron chi connectivity index (χ4n) is 2.92. The molecule has 0 radical (unpaired) electrons. The molecule has 0 bridgehead atoms. The summed E-state index contributed by atoms with van der Waals surface area (Å²) >= 11 is 0. The molecule has 3 rings (SSSR count). The molecule has 3 aromatic rings. The van der Waals surface area contributed by atoms with Crippen LogP contribution in [-0.4, -0.2) is 27.9 Å². The molecule has 0 atom stereocenters. The standard InChI is InChI=1S/C20H22N4O2/c1-3-21-19(25)13-24-17-11-7-6-10-16(17)23-18(24)12-22-20(26)15-9-5-4-8-14(15)2/h4-11H,3,12-13H2,1-2H3,(H,21,25)(H,22,26). The van der Waals surface area contributed by atoms with E-state index < -0.39 is 0 Å². The van der Waals surface area contributed by atoms with Crippen LogP contribution in [0.4, 0.5) is 0 Å². The van der Waals surface area contributed by atoms with Gasteiger partial charge in [0.15, 0.2) is 0 Å². The number of carbonyl (C=O) groups is 2. The SMILES string of the molecule is CCNC(=O)Cn1c(CNC(=O)c2ccccc2C)nc2ccccc21. The molecule has 0 saturated heterocycles. The van der Waals surface area contributed by atoms with Crippen LogP contribution in [0.25, 0.3) is 11.0 Å². The number of nitrogens with zero attached hydrogens (tertiary/aromatic N) is 2. The second-order valence-corrected chi connectivity index (χ2v) is 6.05. The van der Waals surface area contributed by atoms with E-state index in [1.807, 2.05) is 60.9 Å². The van der Waals surface area contributed by atoms with Crippen molar-refractivity contribution in [2.24, 2.45) is 0 Å². The molecule has 0 aliphatic heterocycles.